The molecule has 252 valence electrons. The zero-order valence-electron chi connectivity index (χ0n) is 26.4. The zero-order chi connectivity index (χ0) is 34.4. The Kier molecular flexibility index (Phi) is 8.44. The van der Waals surface area contributed by atoms with E-state index in [2.05, 4.69) is 5.32 Å². The average molecular weight is 682 g/mol. The van der Waals surface area contributed by atoms with E-state index in [9.17, 15) is 31.5 Å². The van der Waals surface area contributed by atoms with Crippen LogP contribution in [0.15, 0.2) is 77.8 Å². The Morgan fingerprint density at radius 1 is 0.938 bits per heavy atom. The van der Waals surface area contributed by atoms with Gasteiger partial charge in [0.2, 0.25) is 5.88 Å². The van der Waals surface area contributed by atoms with Gasteiger partial charge in [0.05, 0.1) is 40.1 Å². The monoisotopic (exact) mass is 681 g/mol. The predicted octanol–water partition coefficient (Wildman–Crippen LogP) is 7.38. The van der Waals surface area contributed by atoms with Crippen LogP contribution in [0.3, 0.4) is 0 Å². The average Bonchev–Trinajstić information content (AvgIpc) is 3.69. The summed E-state index contributed by atoms with van der Waals surface area (Å²) in [7, 11) is -4.80. The maximum absolute atomic E-state index is 13.4. The number of benzene rings is 4. The van der Waals surface area contributed by atoms with Crippen LogP contribution in [0.4, 0.5) is 18.0 Å². The topological polar surface area (TPSA) is 119 Å². The fourth-order valence-electron chi connectivity index (χ4n) is 6.19. The van der Waals surface area contributed by atoms with E-state index in [0.29, 0.717) is 66.5 Å². The number of carbonyl (C=O) groups is 1. The Labute approximate surface area is 275 Å². The molecule has 1 aliphatic rings. The van der Waals surface area contributed by atoms with Gasteiger partial charge in [-0.15, -0.1) is 0 Å². The highest BCUT2D eigenvalue weighted by atomic mass is 32.2. The molecule has 0 saturated heterocycles. The number of sulfonamides is 1. The molecule has 6 rings (SSSR count). The van der Waals surface area contributed by atoms with Gasteiger partial charge in [0, 0.05) is 22.5 Å². The highest BCUT2D eigenvalue weighted by Crippen LogP contribution is 2.48. The van der Waals surface area contributed by atoms with Crippen LogP contribution >= 0.6 is 0 Å². The van der Waals surface area contributed by atoms with Crippen LogP contribution < -0.4 is 19.5 Å². The summed E-state index contributed by atoms with van der Waals surface area (Å²) in [5.74, 6) is 1.18. The van der Waals surface area contributed by atoms with Gasteiger partial charge in [-0.3, -0.25) is 4.57 Å². The van der Waals surface area contributed by atoms with Crippen molar-refractivity contribution < 1.29 is 41.0 Å². The Hall–Kier alpha value is -4.91. The van der Waals surface area contributed by atoms with E-state index in [-0.39, 0.29) is 5.88 Å². The molecule has 0 bridgehead atoms. The van der Waals surface area contributed by atoms with Crippen molar-refractivity contribution in [1.82, 2.24) is 14.6 Å². The van der Waals surface area contributed by atoms with Crippen LogP contribution in [0.5, 0.6) is 17.4 Å². The Bertz CT molecular complexity index is 2160. The first-order chi connectivity index (χ1) is 22.8. The number of alkyl halides is 3. The summed E-state index contributed by atoms with van der Waals surface area (Å²) in [6.07, 6.45) is -1.64. The first kappa shape index (κ1) is 33.0. The summed E-state index contributed by atoms with van der Waals surface area (Å²) < 4.78 is 81.3. The fraction of sp³-hybridized carbons (Fsp3) is 0.286. The molecular weight excluding hydrogens is 647 g/mol. The van der Waals surface area contributed by atoms with E-state index < -0.39 is 38.2 Å². The first-order valence-electron chi connectivity index (χ1n) is 15.4. The van der Waals surface area contributed by atoms with Gasteiger partial charge in [-0.2, -0.15) is 13.2 Å². The third-order valence-electron chi connectivity index (χ3n) is 8.45. The van der Waals surface area contributed by atoms with Crippen molar-refractivity contribution >= 4 is 37.6 Å². The lowest BCUT2D eigenvalue weighted by atomic mass is 10.0. The molecule has 1 aromatic heterocycles. The molecule has 9 nitrogen and oxygen atoms in total. The van der Waals surface area contributed by atoms with Crippen molar-refractivity contribution in [2.45, 2.75) is 56.6 Å². The second-order valence-electron chi connectivity index (χ2n) is 11.8. The van der Waals surface area contributed by atoms with Crippen molar-refractivity contribution in [2.24, 2.45) is 0 Å². The van der Waals surface area contributed by atoms with E-state index in [1.807, 2.05) is 69.4 Å². The zero-order valence-corrected chi connectivity index (χ0v) is 27.3. The summed E-state index contributed by atoms with van der Waals surface area (Å²) in [6, 6.07) is 15.9. The number of halogens is 3. The number of hydrogen-bond donors (Lipinski definition) is 3. The van der Waals surface area contributed by atoms with Gasteiger partial charge in [0.1, 0.15) is 11.5 Å². The number of aromatic hydroxyl groups is 1. The number of aromatic nitrogens is 1. The third kappa shape index (κ3) is 6.10. The number of aryl methyl sites for hydroxylation is 1. The molecule has 13 heteroatoms. The fourth-order valence-corrected chi connectivity index (χ4v) is 7.33. The lowest BCUT2D eigenvalue weighted by Gasteiger charge is -2.20. The summed E-state index contributed by atoms with van der Waals surface area (Å²) in [6.45, 7) is 6.48. The van der Waals surface area contributed by atoms with Crippen LogP contribution in [0.2, 0.25) is 0 Å². The van der Waals surface area contributed by atoms with E-state index in [1.165, 1.54) is 0 Å². The molecule has 1 fully saturated rings. The molecule has 5 aromatic rings. The molecule has 4 aromatic carbocycles. The van der Waals surface area contributed by atoms with Crippen LogP contribution in [0.25, 0.3) is 27.2 Å². The van der Waals surface area contributed by atoms with Gasteiger partial charge >= 0.3 is 12.2 Å². The number of rotatable bonds is 10. The summed E-state index contributed by atoms with van der Waals surface area (Å²) in [5, 5.41) is 17.2. The van der Waals surface area contributed by atoms with E-state index >= 15 is 0 Å². The normalized spacial score (nSPS) is 14.2. The maximum atomic E-state index is 13.4. The minimum absolute atomic E-state index is 0.0127. The molecule has 0 atom stereocenters. The maximum Gasteiger partial charge on any atom is 0.417 e. The highest BCUT2D eigenvalue weighted by Gasteiger charge is 2.45. The number of fused-ring (bicyclic) bond motifs is 2. The molecule has 1 saturated carbocycles. The molecule has 0 unspecified atom stereocenters. The van der Waals surface area contributed by atoms with E-state index in [1.54, 1.807) is 9.29 Å². The van der Waals surface area contributed by atoms with Crippen LogP contribution in [0.1, 0.15) is 43.4 Å². The minimum atomic E-state index is -4.92. The van der Waals surface area contributed by atoms with Gasteiger partial charge in [0.25, 0.3) is 10.0 Å². The largest absolute Gasteiger partial charge is 0.494 e. The molecule has 1 aliphatic carbocycles. The second-order valence-corrected chi connectivity index (χ2v) is 13.5. The molecular formula is C35H34F3N3O6S. The third-order valence-corrected chi connectivity index (χ3v) is 9.84. The number of hydrogen-bond acceptors (Lipinski definition) is 6. The highest BCUT2D eigenvalue weighted by molar-refractivity contribution is 7.90. The molecule has 0 aliphatic heterocycles. The van der Waals surface area contributed by atoms with Gasteiger partial charge in [-0.25, -0.2) is 17.9 Å². The Morgan fingerprint density at radius 3 is 2.19 bits per heavy atom. The number of amides is 2. The molecule has 0 radical (unpaired) electrons. The minimum Gasteiger partial charge on any atom is -0.494 e. The Morgan fingerprint density at radius 2 is 1.56 bits per heavy atom. The lowest BCUT2D eigenvalue weighted by Crippen LogP contribution is -2.47. The van der Waals surface area contributed by atoms with Gasteiger partial charge < -0.3 is 19.9 Å². The number of ether oxygens (including phenoxy) is 2. The standard InChI is InChI=1S/C35H34F3N3O6S/c1-4-46-30-23-10-6-7-11-24(23)31(47-5-2)29-25(30)20-41(32(29)42)27-15-14-22(18-21(27)3)19-34(16-17-34)39-33(43)40-48(44,45)28-13-9-8-12-26(28)35(36,37)38/h6-15,18,20,42H,4-5,16-17,19H2,1-3H3,(H2,39,40,43). The van der Waals surface area contributed by atoms with Crippen LogP contribution in [-0.4, -0.2) is 42.9 Å². The van der Waals surface area contributed by atoms with E-state index in [0.717, 1.165) is 40.1 Å². The van der Waals surface area contributed by atoms with Gasteiger partial charge in [-0.1, -0.05) is 48.5 Å². The summed E-state index contributed by atoms with van der Waals surface area (Å²) in [4.78, 5) is 11.7. The molecule has 0 spiro atoms. The molecule has 2 amide bonds. The predicted molar refractivity (Wildman–Crippen MR) is 175 cm³/mol. The summed E-state index contributed by atoms with van der Waals surface area (Å²) >= 11 is 0. The molecule has 48 heavy (non-hydrogen) atoms. The molecule has 1 heterocycles. The smallest absolute Gasteiger partial charge is 0.417 e. The number of urea groups is 1. The second kappa shape index (κ2) is 12.3. The van der Waals surface area contributed by atoms with Crippen molar-refractivity contribution in [3.8, 4) is 23.1 Å². The number of nitrogens with zero attached hydrogens (tertiary/aromatic N) is 1. The van der Waals surface area contributed by atoms with E-state index in [4.69, 9.17) is 9.47 Å². The number of carbonyl (C=O) groups excluding carboxylic acids is 1. The van der Waals surface area contributed by atoms with Gasteiger partial charge in [0.15, 0.2) is 0 Å². The van der Waals surface area contributed by atoms with Crippen molar-refractivity contribution in [3.63, 3.8) is 0 Å². The van der Waals surface area contributed by atoms with Crippen LogP contribution in [-0.2, 0) is 22.6 Å². The van der Waals surface area contributed by atoms with Crippen molar-refractivity contribution in [3.05, 3.63) is 89.6 Å². The van der Waals surface area contributed by atoms with Crippen molar-refractivity contribution in [1.29, 1.82) is 0 Å². The lowest BCUT2D eigenvalue weighted by molar-refractivity contribution is -0.139. The van der Waals surface area contributed by atoms with Gasteiger partial charge in [-0.05, 0) is 69.4 Å². The molecule has 3 N–H and O–H groups in total. The number of nitrogens with one attached hydrogen (secondary N) is 2. The SMILES string of the molecule is CCOc1c2ccccc2c(OCC)c2c(O)n(-c3ccc(CC4(NC(=O)NS(=O)(=O)c5ccccc5C(F)(F)F)CC4)cc3C)cc12. The Balaban J connectivity index is 1.26. The quantitative estimate of drug-likeness (QED) is 0.142. The van der Waals surface area contributed by atoms with Crippen LogP contribution in [0, 0.1) is 6.92 Å². The first-order valence-corrected chi connectivity index (χ1v) is 16.9. The van der Waals surface area contributed by atoms with Crippen molar-refractivity contribution in [2.75, 3.05) is 13.2 Å². The summed E-state index contributed by atoms with van der Waals surface area (Å²) in [5.41, 5.74) is 0.230.